The van der Waals surface area contributed by atoms with E-state index < -0.39 is 0 Å². The molecular formula is C25H30N4O. The Balaban J connectivity index is 1.19. The van der Waals surface area contributed by atoms with Crippen molar-refractivity contribution in [2.24, 2.45) is 0 Å². The summed E-state index contributed by atoms with van der Waals surface area (Å²) in [7, 11) is 0. The molecule has 0 spiro atoms. The molecule has 1 fully saturated rings. The van der Waals surface area contributed by atoms with E-state index in [1.165, 1.54) is 16.5 Å². The summed E-state index contributed by atoms with van der Waals surface area (Å²) in [5, 5.41) is 2.66. The number of benzene rings is 2. The van der Waals surface area contributed by atoms with E-state index in [1.54, 1.807) is 6.08 Å². The summed E-state index contributed by atoms with van der Waals surface area (Å²) >= 11 is 0. The second-order valence-electron chi connectivity index (χ2n) is 7.71. The van der Waals surface area contributed by atoms with Crippen molar-refractivity contribution in [3.05, 3.63) is 66.7 Å². The quantitative estimate of drug-likeness (QED) is 0.565. The van der Waals surface area contributed by atoms with E-state index in [9.17, 15) is 0 Å². The van der Waals surface area contributed by atoms with E-state index in [4.69, 9.17) is 10.5 Å². The van der Waals surface area contributed by atoms with Gasteiger partial charge in [-0.15, -0.1) is 0 Å². The van der Waals surface area contributed by atoms with Gasteiger partial charge < -0.3 is 15.4 Å². The van der Waals surface area contributed by atoms with Crippen molar-refractivity contribution in [3.8, 4) is 5.88 Å². The van der Waals surface area contributed by atoms with Crippen molar-refractivity contribution in [2.45, 2.75) is 12.8 Å². The van der Waals surface area contributed by atoms with Crippen LogP contribution in [-0.2, 0) is 0 Å². The SMILES string of the molecule is C=Cc1ccc(OCCCCN2CCN(c3cccc4ccccc34)CC2)nc1N. The average molecular weight is 403 g/mol. The van der Waals surface area contributed by atoms with Crippen LogP contribution >= 0.6 is 0 Å². The van der Waals surface area contributed by atoms with Gasteiger partial charge in [0, 0.05) is 48.9 Å². The number of anilines is 2. The van der Waals surface area contributed by atoms with Gasteiger partial charge in [0.15, 0.2) is 0 Å². The molecule has 5 heteroatoms. The van der Waals surface area contributed by atoms with Crippen LogP contribution in [0.4, 0.5) is 11.5 Å². The molecule has 0 amide bonds. The molecule has 4 rings (SSSR count). The number of hydrogen-bond acceptors (Lipinski definition) is 5. The molecule has 5 nitrogen and oxygen atoms in total. The summed E-state index contributed by atoms with van der Waals surface area (Å²) in [6, 6.07) is 19.0. The second-order valence-corrected chi connectivity index (χ2v) is 7.71. The number of aromatic nitrogens is 1. The van der Waals surface area contributed by atoms with Crippen molar-refractivity contribution in [2.75, 3.05) is 50.0 Å². The molecule has 2 aromatic carbocycles. The lowest BCUT2D eigenvalue weighted by atomic mass is 10.1. The molecule has 1 aliphatic heterocycles. The minimum Gasteiger partial charge on any atom is -0.478 e. The number of fused-ring (bicyclic) bond motifs is 1. The van der Waals surface area contributed by atoms with Crippen LogP contribution in [0.3, 0.4) is 0 Å². The van der Waals surface area contributed by atoms with E-state index >= 15 is 0 Å². The highest BCUT2D eigenvalue weighted by Crippen LogP contribution is 2.27. The number of nitrogen functional groups attached to an aromatic ring is 1. The third-order valence-electron chi connectivity index (χ3n) is 5.75. The average Bonchev–Trinajstić information content (AvgIpc) is 2.79. The van der Waals surface area contributed by atoms with Gasteiger partial charge in [-0.2, -0.15) is 4.98 Å². The number of unbranched alkanes of at least 4 members (excludes halogenated alkanes) is 1. The molecule has 1 aromatic heterocycles. The first kappa shape index (κ1) is 20.2. The number of rotatable bonds is 8. The highest BCUT2D eigenvalue weighted by atomic mass is 16.5. The zero-order chi connectivity index (χ0) is 20.8. The third kappa shape index (κ3) is 4.74. The van der Waals surface area contributed by atoms with Crippen LogP contribution < -0.4 is 15.4 Å². The van der Waals surface area contributed by atoms with Gasteiger partial charge in [0.05, 0.1) is 6.61 Å². The Bertz CT molecular complexity index is 990. The fourth-order valence-electron chi connectivity index (χ4n) is 4.03. The molecular weight excluding hydrogens is 372 g/mol. The van der Waals surface area contributed by atoms with Crippen LogP contribution in [-0.4, -0.2) is 49.2 Å². The molecule has 1 aliphatic rings. The van der Waals surface area contributed by atoms with E-state index in [2.05, 4.69) is 63.8 Å². The molecule has 3 aromatic rings. The highest BCUT2D eigenvalue weighted by molar-refractivity contribution is 5.94. The fourth-order valence-corrected chi connectivity index (χ4v) is 4.03. The Hall–Kier alpha value is -3.05. The summed E-state index contributed by atoms with van der Waals surface area (Å²) in [6.07, 6.45) is 3.83. The zero-order valence-electron chi connectivity index (χ0n) is 17.5. The maximum Gasteiger partial charge on any atom is 0.215 e. The van der Waals surface area contributed by atoms with Gasteiger partial charge in [-0.05, 0) is 36.9 Å². The number of pyridine rings is 1. The number of nitrogens with zero attached hydrogens (tertiary/aromatic N) is 3. The number of nitrogens with two attached hydrogens (primary N) is 1. The summed E-state index contributed by atoms with van der Waals surface area (Å²) in [5.74, 6) is 1.05. The molecule has 156 valence electrons. The summed E-state index contributed by atoms with van der Waals surface area (Å²) < 4.78 is 5.74. The molecule has 2 N–H and O–H groups in total. The van der Waals surface area contributed by atoms with Crippen molar-refractivity contribution in [1.29, 1.82) is 0 Å². The normalized spacial score (nSPS) is 14.7. The minimum absolute atomic E-state index is 0.464. The predicted molar refractivity (Wildman–Crippen MR) is 126 cm³/mol. The second kappa shape index (κ2) is 9.63. The van der Waals surface area contributed by atoms with E-state index in [-0.39, 0.29) is 0 Å². The van der Waals surface area contributed by atoms with Crippen LogP contribution in [0.15, 0.2) is 61.2 Å². The molecule has 2 heterocycles. The van der Waals surface area contributed by atoms with E-state index in [1.807, 2.05) is 12.1 Å². The summed E-state index contributed by atoms with van der Waals surface area (Å²) in [5.41, 5.74) is 8.07. The molecule has 1 saturated heterocycles. The van der Waals surface area contributed by atoms with Crippen LogP contribution in [0, 0.1) is 0 Å². The first-order chi connectivity index (χ1) is 14.7. The Labute approximate surface area is 178 Å². The molecule has 30 heavy (non-hydrogen) atoms. The number of ether oxygens (including phenoxy) is 1. The standard InChI is InChI=1S/C25H30N4O/c1-2-20-12-13-24(27-25(20)26)30-19-6-5-14-28-15-17-29(18-16-28)23-11-7-9-21-8-3-4-10-22(21)23/h2-4,7-13H,1,5-6,14-19H2,(H2,26,27). The van der Waals surface area contributed by atoms with Gasteiger partial charge in [-0.1, -0.05) is 49.1 Å². The molecule has 0 radical (unpaired) electrons. The maximum absolute atomic E-state index is 5.87. The van der Waals surface area contributed by atoms with E-state index in [0.29, 0.717) is 18.3 Å². The van der Waals surface area contributed by atoms with Gasteiger partial charge in [-0.3, -0.25) is 4.90 Å². The lowest BCUT2D eigenvalue weighted by molar-refractivity contribution is 0.237. The van der Waals surface area contributed by atoms with Gasteiger partial charge in [0.25, 0.3) is 0 Å². The number of hydrogen-bond donors (Lipinski definition) is 1. The Morgan fingerprint density at radius 2 is 1.77 bits per heavy atom. The first-order valence-corrected chi connectivity index (χ1v) is 10.7. The first-order valence-electron chi connectivity index (χ1n) is 10.7. The lowest BCUT2D eigenvalue weighted by Gasteiger charge is -2.36. The van der Waals surface area contributed by atoms with Crippen molar-refractivity contribution >= 4 is 28.4 Å². The molecule has 0 aliphatic carbocycles. The Kier molecular flexibility index (Phi) is 6.50. The minimum atomic E-state index is 0.464. The molecule has 0 unspecified atom stereocenters. The smallest absolute Gasteiger partial charge is 0.215 e. The van der Waals surface area contributed by atoms with Gasteiger partial charge >= 0.3 is 0 Å². The van der Waals surface area contributed by atoms with Crippen molar-refractivity contribution in [1.82, 2.24) is 9.88 Å². The fraction of sp³-hybridized carbons (Fsp3) is 0.320. The van der Waals surface area contributed by atoms with Crippen LogP contribution in [0.2, 0.25) is 0 Å². The zero-order valence-corrected chi connectivity index (χ0v) is 17.5. The maximum atomic E-state index is 5.87. The van der Waals surface area contributed by atoms with Crippen LogP contribution in [0.25, 0.3) is 16.8 Å². The van der Waals surface area contributed by atoms with Gasteiger partial charge in [0.1, 0.15) is 5.82 Å². The lowest BCUT2D eigenvalue weighted by Crippen LogP contribution is -2.46. The monoisotopic (exact) mass is 402 g/mol. The third-order valence-corrected chi connectivity index (χ3v) is 5.75. The van der Waals surface area contributed by atoms with Crippen LogP contribution in [0.5, 0.6) is 5.88 Å². The molecule has 0 bridgehead atoms. The molecule has 0 saturated carbocycles. The Morgan fingerprint density at radius 3 is 2.57 bits per heavy atom. The summed E-state index contributed by atoms with van der Waals surface area (Å²) in [4.78, 5) is 9.33. The topological polar surface area (TPSA) is 54.6 Å². The van der Waals surface area contributed by atoms with Crippen LogP contribution in [0.1, 0.15) is 18.4 Å². The summed E-state index contributed by atoms with van der Waals surface area (Å²) in [6.45, 7) is 9.84. The van der Waals surface area contributed by atoms with Crippen molar-refractivity contribution < 1.29 is 4.74 Å². The van der Waals surface area contributed by atoms with Crippen molar-refractivity contribution in [3.63, 3.8) is 0 Å². The molecule has 0 atom stereocenters. The highest BCUT2D eigenvalue weighted by Gasteiger charge is 2.18. The largest absolute Gasteiger partial charge is 0.478 e. The van der Waals surface area contributed by atoms with Gasteiger partial charge in [0.2, 0.25) is 5.88 Å². The van der Waals surface area contributed by atoms with E-state index in [0.717, 1.165) is 51.1 Å². The predicted octanol–water partition coefficient (Wildman–Crippen LogP) is 4.44. The Morgan fingerprint density at radius 1 is 0.967 bits per heavy atom. The number of piperazine rings is 1. The van der Waals surface area contributed by atoms with Gasteiger partial charge in [-0.25, -0.2) is 0 Å².